The molecule has 144 valence electrons. The number of pyridine rings is 2. The van der Waals surface area contributed by atoms with E-state index in [9.17, 15) is 22.4 Å². The molecule has 11 heteroatoms. The predicted octanol–water partition coefficient (Wildman–Crippen LogP) is 1.82. The number of aromatic nitrogens is 2. The molecular formula is C16H15F4N5O2. The second kappa shape index (κ2) is 6.99. The van der Waals surface area contributed by atoms with Gasteiger partial charge in [0.2, 0.25) is 0 Å². The molecule has 1 saturated heterocycles. The van der Waals surface area contributed by atoms with Crippen molar-refractivity contribution < 1.29 is 27.1 Å². The van der Waals surface area contributed by atoms with E-state index in [0.29, 0.717) is 32.4 Å². The number of alkyl halides is 3. The van der Waals surface area contributed by atoms with E-state index in [1.54, 1.807) is 4.90 Å². The van der Waals surface area contributed by atoms with Crippen molar-refractivity contribution in [3.63, 3.8) is 0 Å². The van der Waals surface area contributed by atoms with Crippen molar-refractivity contribution in [1.82, 2.24) is 9.97 Å². The third-order valence-electron chi connectivity index (χ3n) is 4.06. The largest absolute Gasteiger partial charge is 0.433 e. The van der Waals surface area contributed by atoms with Crippen molar-refractivity contribution in [2.75, 3.05) is 36.9 Å². The zero-order valence-corrected chi connectivity index (χ0v) is 13.9. The van der Waals surface area contributed by atoms with Gasteiger partial charge < -0.3 is 21.1 Å². The van der Waals surface area contributed by atoms with Crippen LogP contribution < -0.4 is 16.4 Å². The number of amides is 1. The first-order valence-corrected chi connectivity index (χ1v) is 7.85. The molecule has 0 saturated carbocycles. The van der Waals surface area contributed by atoms with Crippen molar-refractivity contribution in [3.8, 4) is 11.1 Å². The zero-order chi connectivity index (χ0) is 19.8. The van der Waals surface area contributed by atoms with Gasteiger partial charge in [0.15, 0.2) is 11.6 Å². The Morgan fingerprint density at radius 1 is 1.19 bits per heavy atom. The third kappa shape index (κ3) is 3.63. The number of nitrogen functional groups attached to an aromatic ring is 1. The van der Waals surface area contributed by atoms with E-state index in [1.807, 2.05) is 0 Å². The molecule has 0 radical (unpaired) electrons. The molecule has 2 aromatic heterocycles. The maximum atomic E-state index is 14.7. The summed E-state index contributed by atoms with van der Waals surface area (Å²) in [6.45, 7) is 1.31. The topological polar surface area (TPSA) is 107 Å². The summed E-state index contributed by atoms with van der Waals surface area (Å²) in [7, 11) is 0. The van der Waals surface area contributed by atoms with Gasteiger partial charge in [0, 0.05) is 30.4 Å². The lowest BCUT2D eigenvalue weighted by Crippen LogP contribution is -2.37. The Balaban J connectivity index is 2.22. The number of anilines is 2. The van der Waals surface area contributed by atoms with Crippen LogP contribution in [-0.2, 0) is 10.9 Å². The summed E-state index contributed by atoms with van der Waals surface area (Å²) < 4.78 is 58.8. The maximum absolute atomic E-state index is 14.7. The van der Waals surface area contributed by atoms with Crippen LogP contribution in [0.25, 0.3) is 11.1 Å². The van der Waals surface area contributed by atoms with Crippen LogP contribution in [0, 0.1) is 5.82 Å². The first-order valence-electron chi connectivity index (χ1n) is 7.85. The molecule has 0 atom stereocenters. The van der Waals surface area contributed by atoms with Crippen LogP contribution >= 0.6 is 0 Å². The van der Waals surface area contributed by atoms with Gasteiger partial charge in [-0.05, 0) is 12.1 Å². The fraction of sp³-hybridized carbons (Fsp3) is 0.312. The van der Waals surface area contributed by atoms with Crippen molar-refractivity contribution in [3.05, 3.63) is 35.5 Å². The molecule has 2 aromatic rings. The van der Waals surface area contributed by atoms with Gasteiger partial charge in [0.05, 0.1) is 18.9 Å². The molecule has 0 bridgehead atoms. The lowest BCUT2D eigenvalue weighted by Gasteiger charge is -2.31. The lowest BCUT2D eigenvalue weighted by molar-refractivity contribution is -0.141. The van der Waals surface area contributed by atoms with Gasteiger partial charge in [0.1, 0.15) is 11.4 Å². The summed E-state index contributed by atoms with van der Waals surface area (Å²) in [5.41, 5.74) is 8.87. The van der Waals surface area contributed by atoms with E-state index in [1.165, 1.54) is 6.20 Å². The summed E-state index contributed by atoms with van der Waals surface area (Å²) in [6, 6.07) is 1.71. The minimum atomic E-state index is -4.76. The molecule has 0 unspecified atom stereocenters. The first kappa shape index (κ1) is 18.8. The fourth-order valence-electron chi connectivity index (χ4n) is 2.81. The number of hydrogen-bond donors (Lipinski definition) is 2. The van der Waals surface area contributed by atoms with Crippen molar-refractivity contribution >= 4 is 17.4 Å². The van der Waals surface area contributed by atoms with Gasteiger partial charge in [-0.3, -0.25) is 4.79 Å². The van der Waals surface area contributed by atoms with Crippen molar-refractivity contribution in [1.29, 1.82) is 0 Å². The van der Waals surface area contributed by atoms with Gasteiger partial charge in [-0.1, -0.05) is 0 Å². The van der Waals surface area contributed by atoms with Gasteiger partial charge in [-0.25, -0.2) is 14.4 Å². The molecule has 3 heterocycles. The Morgan fingerprint density at radius 3 is 2.44 bits per heavy atom. The number of primary amides is 1. The van der Waals surface area contributed by atoms with Crippen LogP contribution in [0.5, 0.6) is 0 Å². The summed E-state index contributed by atoms with van der Waals surface area (Å²) in [4.78, 5) is 20.4. The highest BCUT2D eigenvalue weighted by Crippen LogP contribution is 2.38. The molecule has 0 spiro atoms. The predicted molar refractivity (Wildman–Crippen MR) is 88.4 cm³/mol. The molecule has 1 fully saturated rings. The van der Waals surface area contributed by atoms with Gasteiger partial charge in [-0.15, -0.1) is 0 Å². The number of nitrogens with zero attached hydrogens (tertiary/aromatic N) is 3. The Labute approximate surface area is 150 Å². The van der Waals surface area contributed by atoms with Crippen LogP contribution in [0.2, 0.25) is 0 Å². The highest BCUT2D eigenvalue weighted by Gasteiger charge is 2.34. The molecule has 1 amide bonds. The zero-order valence-electron chi connectivity index (χ0n) is 13.9. The van der Waals surface area contributed by atoms with Crippen LogP contribution in [-0.4, -0.2) is 42.2 Å². The van der Waals surface area contributed by atoms with Crippen molar-refractivity contribution in [2.24, 2.45) is 5.73 Å². The highest BCUT2D eigenvalue weighted by atomic mass is 19.4. The minimum absolute atomic E-state index is 0.00913. The normalized spacial score (nSPS) is 15.0. The molecule has 1 aliphatic rings. The second-order valence-corrected chi connectivity index (χ2v) is 5.77. The van der Waals surface area contributed by atoms with Crippen LogP contribution in [0.3, 0.4) is 0 Å². The van der Waals surface area contributed by atoms with E-state index < -0.39 is 29.3 Å². The standard InChI is InChI=1S/C16H15F4N5O2/c17-11-13(25-3-5-27-6-4-25)9(7-23-14(11)21)8-1-2-10(16(18,19)20)24-12(8)15(22)26/h1-2,7H,3-6H2,(H2,21,23)(H2,22,26). The number of ether oxygens (including phenoxy) is 1. The van der Waals surface area contributed by atoms with E-state index in [0.717, 1.165) is 6.07 Å². The minimum Gasteiger partial charge on any atom is -0.381 e. The average Bonchev–Trinajstić information content (AvgIpc) is 2.63. The fourth-order valence-corrected chi connectivity index (χ4v) is 2.81. The van der Waals surface area contributed by atoms with Gasteiger partial charge >= 0.3 is 6.18 Å². The number of halogens is 4. The van der Waals surface area contributed by atoms with E-state index in [4.69, 9.17) is 16.2 Å². The third-order valence-corrected chi connectivity index (χ3v) is 4.06. The molecule has 7 nitrogen and oxygen atoms in total. The summed E-state index contributed by atoms with van der Waals surface area (Å²) >= 11 is 0. The van der Waals surface area contributed by atoms with E-state index in [2.05, 4.69) is 9.97 Å². The highest BCUT2D eigenvalue weighted by molar-refractivity contribution is 6.00. The number of morpholine rings is 1. The Kier molecular flexibility index (Phi) is 4.87. The smallest absolute Gasteiger partial charge is 0.381 e. The first-order chi connectivity index (χ1) is 12.7. The lowest BCUT2D eigenvalue weighted by atomic mass is 10.0. The number of carbonyl (C=O) groups excluding carboxylic acids is 1. The van der Waals surface area contributed by atoms with E-state index in [-0.39, 0.29) is 22.6 Å². The molecule has 4 N–H and O–H groups in total. The summed E-state index contributed by atoms with van der Waals surface area (Å²) in [6.07, 6.45) is -3.58. The van der Waals surface area contributed by atoms with Crippen LogP contribution in [0.4, 0.5) is 29.1 Å². The molecule has 1 aliphatic heterocycles. The Morgan fingerprint density at radius 2 is 1.85 bits per heavy atom. The number of carbonyl (C=O) groups is 1. The Bertz CT molecular complexity index is 882. The maximum Gasteiger partial charge on any atom is 0.433 e. The van der Waals surface area contributed by atoms with Gasteiger partial charge in [-0.2, -0.15) is 13.2 Å². The van der Waals surface area contributed by atoms with Crippen LogP contribution in [0.15, 0.2) is 18.3 Å². The molecule has 3 rings (SSSR count). The van der Waals surface area contributed by atoms with Crippen molar-refractivity contribution in [2.45, 2.75) is 6.18 Å². The second-order valence-electron chi connectivity index (χ2n) is 5.77. The molecular weight excluding hydrogens is 370 g/mol. The molecule has 27 heavy (non-hydrogen) atoms. The van der Waals surface area contributed by atoms with Crippen LogP contribution in [0.1, 0.15) is 16.2 Å². The number of nitrogens with two attached hydrogens (primary N) is 2. The summed E-state index contributed by atoms with van der Waals surface area (Å²) in [5, 5.41) is 0. The number of hydrogen-bond acceptors (Lipinski definition) is 6. The summed E-state index contributed by atoms with van der Waals surface area (Å²) in [5.74, 6) is -2.40. The monoisotopic (exact) mass is 385 g/mol. The van der Waals surface area contributed by atoms with Gasteiger partial charge in [0.25, 0.3) is 5.91 Å². The quantitative estimate of drug-likeness (QED) is 0.781. The molecule has 0 aliphatic carbocycles. The Hall–Kier alpha value is -2.95. The van der Waals surface area contributed by atoms with E-state index >= 15 is 0 Å². The number of rotatable bonds is 3. The SMILES string of the molecule is NC(=O)c1nc(C(F)(F)F)ccc1-c1cnc(N)c(F)c1N1CCOCC1. The average molecular weight is 385 g/mol. The molecule has 0 aromatic carbocycles.